The van der Waals surface area contributed by atoms with Crippen LogP contribution >= 0.6 is 0 Å². The molecule has 2 rings (SSSR count). The molecule has 0 saturated carbocycles. The second kappa shape index (κ2) is 6.18. The number of hydrogen-bond acceptors (Lipinski definition) is 2. The van der Waals surface area contributed by atoms with Crippen molar-refractivity contribution >= 4 is 10.9 Å². The maximum Gasteiger partial charge on any atom is 0.0708 e. The second-order valence-corrected chi connectivity index (χ2v) is 4.29. The van der Waals surface area contributed by atoms with Crippen molar-refractivity contribution in [2.45, 2.75) is 26.8 Å². The summed E-state index contributed by atoms with van der Waals surface area (Å²) in [6, 6.07) is 10.4. The number of benzene rings is 1. The number of rotatable bonds is 4. The molecule has 0 saturated heterocycles. The van der Waals surface area contributed by atoms with E-state index in [1.807, 2.05) is 19.9 Å². The highest BCUT2D eigenvalue weighted by atomic mass is 14.8. The molecule has 0 bridgehead atoms. The lowest BCUT2D eigenvalue weighted by atomic mass is 10.1. The first kappa shape index (κ1) is 12.6. The van der Waals surface area contributed by atoms with Gasteiger partial charge >= 0.3 is 0 Å². The zero-order valence-corrected chi connectivity index (χ0v) is 11.0. The Morgan fingerprint density at radius 3 is 2.94 bits per heavy atom. The van der Waals surface area contributed by atoms with Gasteiger partial charge in [-0.1, -0.05) is 18.2 Å². The van der Waals surface area contributed by atoms with Crippen LogP contribution in [0.3, 0.4) is 0 Å². The minimum absolute atomic E-state index is 0.870. The molecule has 0 spiro atoms. The second-order valence-electron chi connectivity index (χ2n) is 4.29. The summed E-state index contributed by atoms with van der Waals surface area (Å²) in [5.41, 5.74) is 3.45. The maximum absolute atomic E-state index is 4.54. The van der Waals surface area contributed by atoms with Crippen molar-refractivity contribution in [3.63, 3.8) is 0 Å². The van der Waals surface area contributed by atoms with E-state index in [2.05, 4.69) is 46.4 Å². The van der Waals surface area contributed by atoms with E-state index in [-0.39, 0.29) is 0 Å². The molecular weight excluding hydrogens is 220 g/mol. The molecule has 0 unspecified atom stereocenters. The lowest BCUT2D eigenvalue weighted by Gasteiger charge is -2.08. The predicted molar refractivity (Wildman–Crippen MR) is 76.3 cm³/mol. The normalized spacial score (nSPS) is 10.1. The number of fused-ring (bicyclic) bond motifs is 1. The summed E-state index contributed by atoms with van der Waals surface area (Å²) >= 11 is 0. The Balaban J connectivity index is 2.13. The number of aryl methyl sites for hydroxylation is 1. The van der Waals surface area contributed by atoms with Gasteiger partial charge in [0.1, 0.15) is 0 Å². The fraction of sp³-hybridized carbons (Fsp3) is 0.312. The van der Waals surface area contributed by atoms with Gasteiger partial charge in [-0.05, 0) is 31.5 Å². The minimum Gasteiger partial charge on any atom is -0.312 e. The molecule has 2 heteroatoms. The van der Waals surface area contributed by atoms with Gasteiger partial charge in [0.25, 0.3) is 0 Å². The molecule has 0 fully saturated rings. The number of aromatic nitrogens is 1. The minimum atomic E-state index is 0.870. The molecule has 0 radical (unpaired) electrons. The van der Waals surface area contributed by atoms with Gasteiger partial charge in [-0.3, -0.25) is 4.98 Å². The van der Waals surface area contributed by atoms with Gasteiger partial charge < -0.3 is 5.32 Å². The molecule has 0 amide bonds. The van der Waals surface area contributed by atoms with E-state index in [0.29, 0.717) is 0 Å². The summed E-state index contributed by atoms with van der Waals surface area (Å²) < 4.78 is 0. The average Bonchev–Trinajstić information content (AvgIpc) is 2.38. The molecule has 2 aromatic rings. The van der Waals surface area contributed by atoms with Crippen molar-refractivity contribution in [1.82, 2.24) is 10.3 Å². The molecule has 0 aliphatic carbocycles. The summed E-state index contributed by atoms with van der Waals surface area (Å²) in [6.07, 6.45) is 0.901. The van der Waals surface area contributed by atoms with E-state index in [0.717, 1.165) is 30.7 Å². The Kier molecular flexibility index (Phi) is 4.33. The van der Waals surface area contributed by atoms with Crippen molar-refractivity contribution in [3.8, 4) is 11.8 Å². The Morgan fingerprint density at radius 1 is 1.28 bits per heavy atom. The smallest absolute Gasteiger partial charge is 0.0708 e. The summed E-state index contributed by atoms with van der Waals surface area (Å²) in [4.78, 5) is 4.54. The predicted octanol–water partition coefficient (Wildman–Crippen LogP) is 3.05. The zero-order valence-electron chi connectivity index (χ0n) is 11.0. The number of pyridine rings is 1. The Morgan fingerprint density at radius 2 is 2.11 bits per heavy atom. The van der Waals surface area contributed by atoms with Crippen LogP contribution in [0.15, 0.2) is 30.3 Å². The summed E-state index contributed by atoms with van der Waals surface area (Å²) in [5, 5.41) is 4.66. The van der Waals surface area contributed by atoms with Gasteiger partial charge in [0.15, 0.2) is 0 Å². The van der Waals surface area contributed by atoms with Crippen molar-refractivity contribution in [1.29, 1.82) is 0 Å². The summed E-state index contributed by atoms with van der Waals surface area (Å²) in [7, 11) is 0. The van der Waals surface area contributed by atoms with Gasteiger partial charge in [0.2, 0.25) is 0 Å². The van der Waals surface area contributed by atoms with E-state index in [4.69, 9.17) is 0 Å². The van der Waals surface area contributed by atoms with Gasteiger partial charge in [-0.25, -0.2) is 0 Å². The molecule has 0 atom stereocenters. The van der Waals surface area contributed by atoms with Crippen LogP contribution < -0.4 is 5.32 Å². The lowest BCUT2D eigenvalue weighted by molar-refractivity contribution is 0.703. The van der Waals surface area contributed by atoms with Crippen LogP contribution in [0.25, 0.3) is 10.9 Å². The van der Waals surface area contributed by atoms with Gasteiger partial charge in [0.05, 0.1) is 5.52 Å². The standard InChI is InChI=1S/C16H18N2/c1-3-4-7-10-17-12-14-11-13(2)18-16-9-6-5-8-15(14)16/h5-6,8-9,11,17H,7,10,12H2,1-2H3. The average molecular weight is 238 g/mol. The van der Waals surface area contributed by atoms with Gasteiger partial charge in [0, 0.05) is 30.6 Å². The fourth-order valence-electron chi connectivity index (χ4n) is 2.04. The van der Waals surface area contributed by atoms with Crippen molar-refractivity contribution in [3.05, 3.63) is 41.6 Å². The Labute approximate surface area is 108 Å². The molecule has 1 aromatic carbocycles. The first-order chi connectivity index (χ1) is 8.81. The van der Waals surface area contributed by atoms with E-state index in [1.54, 1.807) is 0 Å². The van der Waals surface area contributed by atoms with Crippen LogP contribution in [0.1, 0.15) is 24.6 Å². The zero-order chi connectivity index (χ0) is 12.8. The van der Waals surface area contributed by atoms with Crippen molar-refractivity contribution in [2.75, 3.05) is 6.54 Å². The van der Waals surface area contributed by atoms with Crippen LogP contribution in [-0.2, 0) is 6.54 Å². The lowest BCUT2D eigenvalue weighted by Crippen LogP contribution is -2.14. The topological polar surface area (TPSA) is 24.9 Å². The van der Waals surface area contributed by atoms with E-state index >= 15 is 0 Å². The van der Waals surface area contributed by atoms with Crippen LogP contribution in [0.4, 0.5) is 0 Å². The third-order valence-corrected chi connectivity index (χ3v) is 2.85. The number of nitrogens with one attached hydrogen (secondary N) is 1. The van der Waals surface area contributed by atoms with Gasteiger partial charge in [-0.15, -0.1) is 11.8 Å². The first-order valence-corrected chi connectivity index (χ1v) is 6.27. The molecule has 1 aromatic heterocycles. The summed E-state index contributed by atoms with van der Waals surface area (Å²) in [6.45, 7) is 5.71. The third-order valence-electron chi connectivity index (χ3n) is 2.85. The van der Waals surface area contributed by atoms with E-state index in [1.165, 1.54) is 10.9 Å². The molecule has 1 N–H and O–H groups in total. The van der Waals surface area contributed by atoms with Crippen LogP contribution in [0.5, 0.6) is 0 Å². The number of nitrogens with zero attached hydrogens (tertiary/aromatic N) is 1. The van der Waals surface area contributed by atoms with Crippen LogP contribution in [-0.4, -0.2) is 11.5 Å². The number of para-hydroxylation sites is 1. The van der Waals surface area contributed by atoms with Crippen LogP contribution in [0, 0.1) is 18.8 Å². The molecule has 18 heavy (non-hydrogen) atoms. The monoisotopic (exact) mass is 238 g/mol. The fourth-order valence-corrected chi connectivity index (χ4v) is 2.04. The van der Waals surface area contributed by atoms with Crippen molar-refractivity contribution < 1.29 is 0 Å². The number of hydrogen-bond donors (Lipinski definition) is 1. The SMILES string of the molecule is CC#CCCNCc1cc(C)nc2ccccc12. The Hall–Kier alpha value is -1.85. The third kappa shape index (κ3) is 3.09. The molecule has 2 nitrogen and oxygen atoms in total. The molecule has 92 valence electrons. The molecule has 1 heterocycles. The molecule has 0 aliphatic heterocycles. The van der Waals surface area contributed by atoms with E-state index < -0.39 is 0 Å². The quantitative estimate of drug-likeness (QED) is 0.654. The maximum atomic E-state index is 4.54. The molecule has 0 aliphatic rings. The summed E-state index contributed by atoms with van der Waals surface area (Å²) in [5.74, 6) is 5.96. The highest BCUT2D eigenvalue weighted by Crippen LogP contribution is 2.17. The van der Waals surface area contributed by atoms with Crippen molar-refractivity contribution in [2.24, 2.45) is 0 Å². The van der Waals surface area contributed by atoms with Gasteiger partial charge in [-0.2, -0.15) is 0 Å². The molecular formula is C16H18N2. The van der Waals surface area contributed by atoms with Crippen LogP contribution in [0.2, 0.25) is 0 Å². The highest BCUT2D eigenvalue weighted by molar-refractivity contribution is 5.82. The largest absolute Gasteiger partial charge is 0.312 e. The highest BCUT2D eigenvalue weighted by Gasteiger charge is 2.02. The Bertz CT molecular complexity index is 591. The first-order valence-electron chi connectivity index (χ1n) is 6.27. The van der Waals surface area contributed by atoms with E-state index in [9.17, 15) is 0 Å².